The van der Waals surface area contributed by atoms with E-state index in [4.69, 9.17) is 4.42 Å². The van der Waals surface area contributed by atoms with E-state index in [2.05, 4.69) is 20.8 Å². The highest BCUT2D eigenvalue weighted by atomic mass is 19.4. The Morgan fingerprint density at radius 2 is 1.66 bits per heavy atom. The van der Waals surface area contributed by atoms with Crippen LogP contribution in [-0.2, 0) is 31.5 Å². The fraction of sp³-hybridized carbons (Fsp3) is 0.368. The van der Waals surface area contributed by atoms with Gasteiger partial charge in [-0.1, -0.05) is 0 Å². The summed E-state index contributed by atoms with van der Waals surface area (Å²) in [5.74, 6) is -0.589. The van der Waals surface area contributed by atoms with E-state index in [9.17, 15) is 44.3 Å². The van der Waals surface area contributed by atoms with Gasteiger partial charge in [0, 0.05) is 18.2 Å². The lowest BCUT2D eigenvalue weighted by atomic mass is 10.0. The highest BCUT2D eigenvalue weighted by Crippen LogP contribution is 2.36. The van der Waals surface area contributed by atoms with Crippen molar-refractivity contribution in [3.8, 4) is 11.5 Å². The fourth-order valence-corrected chi connectivity index (χ4v) is 3.19. The molecule has 3 aromatic heterocycles. The lowest BCUT2D eigenvalue weighted by Gasteiger charge is -2.13. The minimum atomic E-state index is -5.38. The number of carbonyl (C=O) groups excluding carboxylic acids is 1. The van der Waals surface area contributed by atoms with Gasteiger partial charge in [0.15, 0.2) is 5.69 Å². The van der Waals surface area contributed by atoms with Crippen molar-refractivity contribution in [2.45, 2.75) is 44.3 Å². The molecule has 0 saturated carbocycles. The first-order valence-electron chi connectivity index (χ1n) is 9.63. The van der Waals surface area contributed by atoms with E-state index in [1.807, 2.05) is 0 Å². The first kappa shape index (κ1) is 26.0. The summed E-state index contributed by atoms with van der Waals surface area (Å²) in [6.07, 6.45) is -10.2. The van der Waals surface area contributed by atoms with Gasteiger partial charge in [-0.25, -0.2) is 4.98 Å². The van der Waals surface area contributed by atoms with E-state index in [0.29, 0.717) is 5.56 Å². The molecule has 0 aliphatic heterocycles. The number of nitrogens with two attached hydrogens (primary N) is 1. The van der Waals surface area contributed by atoms with E-state index in [1.165, 1.54) is 6.07 Å². The Hall–Kier alpha value is -3.59. The second kappa shape index (κ2) is 9.22. The minimum absolute atomic E-state index is 0.124. The molecule has 0 radical (unpaired) electrons. The van der Waals surface area contributed by atoms with Gasteiger partial charge in [-0.05, 0) is 31.4 Å². The predicted octanol–water partition coefficient (Wildman–Crippen LogP) is 5.11. The zero-order chi connectivity index (χ0) is 26.2. The number of carbonyl (C=O) groups is 1. The van der Waals surface area contributed by atoms with Crippen molar-refractivity contribution in [1.82, 2.24) is 19.7 Å². The van der Waals surface area contributed by atoms with Gasteiger partial charge >= 0.3 is 18.7 Å². The predicted molar refractivity (Wildman–Crippen MR) is 98.4 cm³/mol. The summed E-state index contributed by atoms with van der Waals surface area (Å²) in [4.78, 5) is 18.1. The second-order valence-corrected chi connectivity index (χ2v) is 7.17. The number of aryl methyl sites for hydroxylation is 2. The number of aromatic nitrogens is 4. The number of halogens is 9. The molecule has 0 fully saturated rings. The number of rotatable bonds is 2. The van der Waals surface area contributed by atoms with Crippen LogP contribution >= 0.6 is 0 Å². The Morgan fingerprint density at radius 3 is 2.20 bits per heavy atom. The van der Waals surface area contributed by atoms with Gasteiger partial charge in [-0.3, -0.25) is 9.78 Å². The largest absolute Gasteiger partial charge is 0.505 e. The van der Waals surface area contributed by atoms with Gasteiger partial charge in [0.2, 0.25) is 5.89 Å². The first-order chi connectivity index (χ1) is 16.1. The molecule has 190 valence electrons. The second-order valence-electron chi connectivity index (χ2n) is 7.17. The summed E-state index contributed by atoms with van der Waals surface area (Å²) >= 11 is 0. The van der Waals surface area contributed by atoms with Gasteiger partial charge < -0.3 is 10.2 Å². The van der Waals surface area contributed by atoms with Crippen LogP contribution in [0.5, 0.6) is 0 Å². The molecule has 7 nitrogen and oxygen atoms in total. The summed E-state index contributed by atoms with van der Waals surface area (Å²) in [7, 11) is 0. The number of hydrogen-bond donors (Lipinski definition) is 1. The standard InChI is InChI=1S/C13H11F3N2O.C6H3F6N3O/c14-13(15,16)11-7-8(5-6-17-11)12-18-9-3-1-2-4-10(9)19-12;7-5(8,9)3-2(4(13)16)1-14-15(3)6(10,11)12/h5-7H,1-4H2;1H,(H2,13,16). The summed E-state index contributed by atoms with van der Waals surface area (Å²) in [5, 5.41) is 2.45. The van der Waals surface area contributed by atoms with Crippen LogP contribution in [0, 0.1) is 0 Å². The maximum atomic E-state index is 12.6. The smallest absolute Gasteiger partial charge is 0.441 e. The van der Waals surface area contributed by atoms with Crippen LogP contribution in [0.2, 0.25) is 0 Å². The third-order valence-corrected chi connectivity index (χ3v) is 4.69. The molecule has 0 saturated heterocycles. The number of nitrogens with zero attached hydrogens (tertiary/aromatic N) is 4. The van der Waals surface area contributed by atoms with Crippen LogP contribution in [-0.4, -0.2) is 25.7 Å². The van der Waals surface area contributed by atoms with Crippen LogP contribution in [0.25, 0.3) is 11.5 Å². The summed E-state index contributed by atoms with van der Waals surface area (Å²) in [6, 6.07) is 2.45. The number of hydrogen-bond acceptors (Lipinski definition) is 5. The molecule has 1 aliphatic rings. The molecular weight excluding hydrogens is 501 g/mol. The van der Waals surface area contributed by atoms with Gasteiger partial charge in [0.1, 0.15) is 11.5 Å². The lowest BCUT2D eigenvalue weighted by molar-refractivity contribution is -0.229. The van der Waals surface area contributed by atoms with Crippen LogP contribution in [0.1, 0.15) is 46.0 Å². The van der Waals surface area contributed by atoms with Crippen molar-refractivity contribution >= 4 is 5.91 Å². The van der Waals surface area contributed by atoms with Crippen LogP contribution in [0.15, 0.2) is 28.9 Å². The molecule has 0 aromatic carbocycles. The highest BCUT2D eigenvalue weighted by Gasteiger charge is 2.47. The molecule has 3 heterocycles. The molecule has 1 amide bonds. The number of oxazole rings is 1. The molecule has 1 aliphatic carbocycles. The Balaban J connectivity index is 0.000000199. The highest BCUT2D eigenvalue weighted by molar-refractivity contribution is 5.93. The third-order valence-electron chi connectivity index (χ3n) is 4.69. The summed E-state index contributed by atoms with van der Waals surface area (Å²) < 4.78 is 115. The van der Waals surface area contributed by atoms with Crippen LogP contribution < -0.4 is 5.73 Å². The van der Waals surface area contributed by atoms with Crippen molar-refractivity contribution < 1.29 is 48.7 Å². The molecule has 0 unspecified atom stereocenters. The van der Waals surface area contributed by atoms with Gasteiger partial charge in [0.25, 0.3) is 5.91 Å². The maximum Gasteiger partial charge on any atom is 0.505 e. The van der Waals surface area contributed by atoms with E-state index >= 15 is 0 Å². The molecule has 0 bridgehead atoms. The SMILES string of the molecule is FC(F)(F)c1cc(-c2nc3c(o2)CCCC3)ccn1.NC(=O)c1cnn(C(F)(F)F)c1C(F)(F)F. The average molecular weight is 515 g/mol. The molecule has 35 heavy (non-hydrogen) atoms. The van der Waals surface area contributed by atoms with Gasteiger partial charge in [0.05, 0.1) is 17.5 Å². The minimum Gasteiger partial charge on any atom is -0.441 e. The molecule has 3 aromatic rings. The number of fused-ring (bicyclic) bond motifs is 1. The third kappa shape index (κ3) is 5.92. The Bertz CT molecular complexity index is 1190. The number of amides is 1. The first-order valence-corrected chi connectivity index (χ1v) is 9.63. The van der Waals surface area contributed by atoms with E-state index in [-0.39, 0.29) is 12.1 Å². The van der Waals surface area contributed by atoms with E-state index < -0.39 is 46.2 Å². The van der Waals surface area contributed by atoms with Gasteiger partial charge in [-0.2, -0.15) is 36.1 Å². The molecule has 0 atom stereocenters. The maximum absolute atomic E-state index is 12.6. The molecule has 0 spiro atoms. The Morgan fingerprint density at radius 1 is 1.00 bits per heavy atom. The number of primary amides is 1. The molecule has 2 N–H and O–H groups in total. The molecule has 16 heteroatoms. The van der Waals surface area contributed by atoms with Crippen molar-refractivity contribution in [1.29, 1.82) is 0 Å². The van der Waals surface area contributed by atoms with Crippen molar-refractivity contribution in [2.24, 2.45) is 5.73 Å². The zero-order valence-corrected chi connectivity index (χ0v) is 17.2. The topological polar surface area (TPSA) is 99.8 Å². The monoisotopic (exact) mass is 515 g/mol. The van der Waals surface area contributed by atoms with Crippen molar-refractivity contribution in [3.63, 3.8) is 0 Å². The number of pyridine rings is 1. The van der Waals surface area contributed by atoms with E-state index in [0.717, 1.165) is 49.4 Å². The van der Waals surface area contributed by atoms with Crippen molar-refractivity contribution in [3.05, 3.63) is 52.9 Å². The average Bonchev–Trinajstić information content (AvgIpc) is 3.38. The zero-order valence-electron chi connectivity index (χ0n) is 17.2. The fourth-order valence-electron chi connectivity index (χ4n) is 3.19. The Labute approximate surface area is 189 Å². The van der Waals surface area contributed by atoms with E-state index in [1.54, 1.807) is 0 Å². The lowest BCUT2D eigenvalue weighted by Crippen LogP contribution is -2.27. The van der Waals surface area contributed by atoms with Crippen LogP contribution in [0.4, 0.5) is 39.5 Å². The van der Waals surface area contributed by atoms with Crippen LogP contribution in [0.3, 0.4) is 0 Å². The quantitative estimate of drug-likeness (QED) is 0.478. The van der Waals surface area contributed by atoms with Gasteiger partial charge in [-0.15, -0.1) is 13.2 Å². The summed E-state index contributed by atoms with van der Waals surface area (Å²) in [6.45, 7) is 0. The molecule has 4 rings (SSSR count). The normalized spacial score (nSPS) is 14.2. The number of alkyl halides is 9. The summed E-state index contributed by atoms with van der Waals surface area (Å²) in [5.41, 5.74) is 1.20. The molecular formula is C19H14F9N5O2. The van der Waals surface area contributed by atoms with Crippen molar-refractivity contribution in [2.75, 3.05) is 0 Å². The Kier molecular flexibility index (Phi) is 6.86.